The van der Waals surface area contributed by atoms with Gasteiger partial charge >= 0.3 is 0 Å². The molecule has 0 radical (unpaired) electrons. The SMILES string of the molecule is CN(C)c1ncc(CNc2ccc(Cl)cc2F)n1C. The van der Waals surface area contributed by atoms with E-state index in [1.165, 1.54) is 6.07 Å². The van der Waals surface area contributed by atoms with Gasteiger partial charge in [-0.1, -0.05) is 11.6 Å². The quantitative estimate of drug-likeness (QED) is 0.936. The molecule has 0 unspecified atom stereocenters. The highest BCUT2D eigenvalue weighted by molar-refractivity contribution is 6.30. The Kier molecular flexibility index (Phi) is 3.95. The number of hydrogen-bond acceptors (Lipinski definition) is 3. The summed E-state index contributed by atoms with van der Waals surface area (Å²) in [6.07, 6.45) is 1.77. The van der Waals surface area contributed by atoms with Gasteiger partial charge in [0.15, 0.2) is 0 Å². The second-order valence-electron chi connectivity index (χ2n) is 4.48. The lowest BCUT2D eigenvalue weighted by Gasteiger charge is -2.13. The molecule has 1 aromatic heterocycles. The second kappa shape index (κ2) is 5.48. The average Bonchev–Trinajstić information content (AvgIpc) is 2.70. The molecule has 0 bridgehead atoms. The van der Waals surface area contributed by atoms with Crippen LogP contribution in [0, 0.1) is 5.82 Å². The van der Waals surface area contributed by atoms with Crippen molar-refractivity contribution in [3.63, 3.8) is 0 Å². The molecule has 0 fully saturated rings. The van der Waals surface area contributed by atoms with Gasteiger partial charge < -0.3 is 14.8 Å². The summed E-state index contributed by atoms with van der Waals surface area (Å²) in [6.45, 7) is 0.496. The zero-order valence-electron chi connectivity index (χ0n) is 11.1. The summed E-state index contributed by atoms with van der Waals surface area (Å²) >= 11 is 5.71. The van der Waals surface area contributed by atoms with E-state index in [4.69, 9.17) is 11.6 Å². The van der Waals surface area contributed by atoms with Crippen LogP contribution in [0.1, 0.15) is 5.69 Å². The molecule has 1 N–H and O–H groups in total. The van der Waals surface area contributed by atoms with E-state index >= 15 is 0 Å². The zero-order chi connectivity index (χ0) is 14.0. The Bertz CT molecular complexity index is 580. The van der Waals surface area contributed by atoms with E-state index in [9.17, 15) is 4.39 Å². The average molecular weight is 283 g/mol. The molecular formula is C13H16ClFN4. The van der Waals surface area contributed by atoms with Crippen molar-refractivity contribution in [1.29, 1.82) is 0 Å². The lowest BCUT2D eigenvalue weighted by molar-refractivity contribution is 0.629. The van der Waals surface area contributed by atoms with Gasteiger partial charge in [-0.15, -0.1) is 0 Å². The number of aromatic nitrogens is 2. The number of anilines is 2. The summed E-state index contributed by atoms with van der Waals surface area (Å²) in [7, 11) is 5.79. The third-order valence-corrected chi connectivity index (χ3v) is 3.09. The highest BCUT2D eigenvalue weighted by atomic mass is 35.5. The van der Waals surface area contributed by atoms with Crippen molar-refractivity contribution in [2.24, 2.45) is 7.05 Å². The molecule has 4 nitrogen and oxygen atoms in total. The van der Waals surface area contributed by atoms with Gasteiger partial charge in [0.1, 0.15) is 5.82 Å². The molecule has 0 aliphatic rings. The molecule has 0 aliphatic carbocycles. The second-order valence-corrected chi connectivity index (χ2v) is 4.92. The van der Waals surface area contributed by atoms with Gasteiger partial charge in [0, 0.05) is 26.2 Å². The fraction of sp³-hybridized carbons (Fsp3) is 0.308. The molecular weight excluding hydrogens is 267 g/mol. The van der Waals surface area contributed by atoms with Crippen molar-refractivity contribution in [2.45, 2.75) is 6.54 Å². The van der Waals surface area contributed by atoms with Crippen molar-refractivity contribution in [3.8, 4) is 0 Å². The van der Waals surface area contributed by atoms with E-state index in [-0.39, 0.29) is 5.82 Å². The van der Waals surface area contributed by atoms with Crippen LogP contribution in [0.25, 0.3) is 0 Å². The molecule has 2 aromatic rings. The third kappa shape index (κ3) is 2.98. The van der Waals surface area contributed by atoms with Crippen LogP contribution in [0.4, 0.5) is 16.0 Å². The van der Waals surface area contributed by atoms with Crippen LogP contribution in [0.3, 0.4) is 0 Å². The number of imidazole rings is 1. The Balaban J connectivity index is 2.10. The zero-order valence-corrected chi connectivity index (χ0v) is 11.9. The van der Waals surface area contributed by atoms with Crippen LogP contribution in [0.5, 0.6) is 0 Å². The Morgan fingerprint density at radius 2 is 2.16 bits per heavy atom. The highest BCUT2D eigenvalue weighted by Gasteiger charge is 2.09. The minimum Gasteiger partial charge on any atom is -0.377 e. The van der Waals surface area contributed by atoms with Crippen LogP contribution in [-0.4, -0.2) is 23.6 Å². The number of benzene rings is 1. The Morgan fingerprint density at radius 1 is 1.42 bits per heavy atom. The van der Waals surface area contributed by atoms with E-state index < -0.39 is 0 Å². The molecule has 0 spiro atoms. The van der Waals surface area contributed by atoms with Crippen molar-refractivity contribution in [2.75, 3.05) is 24.3 Å². The van der Waals surface area contributed by atoms with Crippen LogP contribution in [0.2, 0.25) is 5.02 Å². The Hall–Kier alpha value is -1.75. The summed E-state index contributed by atoms with van der Waals surface area (Å²) < 4.78 is 15.6. The van der Waals surface area contributed by atoms with E-state index in [0.717, 1.165) is 11.6 Å². The Labute approximate surface area is 116 Å². The topological polar surface area (TPSA) is 33.1 Å². The first-order valence-electron chi connectivity index (χ1n) is 5.86. The molecule has 6 heteroatoms. The summed E-state index contributed by atoms with van der Waals surface area (Å²) in [6, 6.07) is 4.57. The maximum atomic E-state index is 13.6. The lowest BCUT2D eigenvalue weighted by atomic mass is 10.3. The summed E-state index contributed by atoms with van der Waals surface area (Å²) in [5.41, 5.74) is 1.40. The van der Waals surface area contributed by atoms with Crippen LogP contribution in [-0.2, 0) is 13.6 Å². The van der Waals surface area contributed by atoms with E-state index in [0.29, 0.717) is 17.3 Å². The van der Waals surface area contributed by atoms with Crippen molar-refractivity contribution in [3.05, 3.63) is 40.9 Å². The molecule has 1 aromatic carbocycles. The molecule has 102 valence electrons. The predicted molar refractivity (Wildman–Crippen MR) is 76.3 cm³/mol. The number of nitrogens with zero attached hydrogens (tertiary/aromatic N) is 3. The van der Waals surface area contributed by atoms with Gasteiger partial charge in [0.2, 0.25) is 5.95 Å². The van der Waals surface area contributed by atoms with Gasteiger partial charge in [-0.05, 0) is 18.2 Å². The molecule has 1 heterocycles. The van der Waals surface area contributed by atoms with Crippen LogP contribution >= 0.6 is 11.6 Å². The monoisotopic (exact) mass is 282 g/mol. The summed E-state index contributed by atoms with van der Waals surface area (Å²) in [5, 5.41) is 3.42. The Morgan fingerprint density at radius 3 is 2.74 bits per heavy atom. The lowest BCUT2D eigenvalue weighted by Crippen LogP contribution is -2.15. The molecule has 0 saturated carbocycles. The van der Waals surface area contributed by atoms with Gasteiger partial charge in [0.05, 0.1) is 24.1 Å². The van der Waals surface area contributed by atoms with Crippen molar-refractivity contribution in [1.82, 2.24) is 9.55 Å². The maximum absolute atomic E-state index is 13.6. The largest absolute Gasteiger partial charge is 0.377 e. The molecule has 0 amide bonds. The third-order valence-electron chi connectivity index (χ3n) is 2.85. The van der Waals surface area contributed by atoms with Crippen LogP contribution < -0.4 is 10.2 Å². The molecule has 2 rings (SSSR count). The number of rotatable bonds is 4. The number of halogens is 2. The van der Waals surface area contributed by atoms with E-state index in [1.54, 1.807) is 18.3 Å². The first-order valence-corrected chi connectivity index (χ1v) is 6.23. The first kappa shape index (κ1) is 13.7. The van der Waals surface area contributed by atoms with Gasteiger partial charge in [-0.25, -0.2) is 9.37 Å². The van der Waals surface area contributed by atoms with Crippen molar-refractivity contribution < 1.29 is 4.39 Å². The van der Waals surface area contributed by atoms with Gasteiger partial charge in [-0.2, -0.15) is 0 Å². The van der Waals surface area contributed by atoms with E-state index in [2.05, 4.69) is 10.3 Å². The van der Waals surface area contributed by atoms with Crippen molar-refractivity contribution >= 4 is 23.2 Å². The van der Waals surface area contributed by atoms with Gasteiger partial charge in [-0.3, -0.25) is 0 Å². The van der Waals surface area contributed by atoms with Gasteiger partial charge in [0.25, 0.3) is 0 Å². The summed E-state index contributed by atoms with van der Waals surface area (Å²) in [5.74, 6) is 0.496. The summed E-state index contributed by atoms with van der Waals surface area (Å²) in [4.78, 5) is 6.22. The van der Waals surface area contributed by atoms with E-state index in [1.807, 2.05) is 30.6 Å². The first-order chi connectivity index (χ1) is 8.99. The smallest absolute Gasteiger partial charge is 0.204 e. The maximum Gasteiger partial charge on any atom is 0.204 e. The number of hydrogen-bond donors (Lipinski definition) is 1. The standard InChI is InChI=1S/C13H16ClFN4/c1-18(2)13-17-8-10(19(13)3)7-16-12-5-4-9(14)6-11(12)15/h4-6,8,16H,7H2,1-3H3. The predicted octanol–water partition coefficient (Wildman–Crippen LogP) is 2.89. The normalized spacial score (nSPS) is 10.6. The minimum atomic E-state index is -0.359. The minimum absolute atomic E-state index is 0.359. The molecule has 0 saturated heterocycles. The fourth-order valence-electron chi connectivity index (χ4n) is 1.83. The number of nitrogens with one attached hydrogen (secondary N) is 1. The molecule has 19 heavy (non-hydrogen) atoms. The molecule has 0 aliphatic heterocycles. The highest BCUT2D eigenvalue weighted by Crippen LogP contribution is 2.20. The molecule has 0 atom stereocenters. The van der Waals surface area contributed by atoms with Crippen LogP contribution in [0.15, 0.2) is 24.4 Å². The fourth-order valence-corrected chi connectivity index (χ4v) is 1.99.